The summed E-state index contributed by atoms with van der Waals surface area (Å²) in [6, 6.07) is 21.0. The molecule has 9 heteroatoms. The minimum Gasteiger partial charge on any atom is -0.281 e. The lowest BCUT2D eigenvalue weighted by molar-refractivity contribution is -0.137. The monoisotopic (exact) mass is 524 g/mol. The van der Waals surface area contributed by atoms with Gasteiger partial charge in [-0.15, -0.1) is 0 Å². The molecule has 0 bridgehead atoms. The molecule has 0 radical (unpaired) electrons. The normalized spacial score (nSPS) is 11.8. The number of benzene rings is 3. The number of aryl methyl sites for hydroxylation is 1. The van der Waals surface area contributed by atoms with E-state index in [-0.39, 0.29) is 11.3 Å². The fourth-order valence-electron chi connectivity index (χ4n) is 3.84. The van der Waals surface area contributed by atoms with E-state index in [2.05, 4.69) is 20.9 Å². The van der Waals surface area contributed by atoms with E-state index in [9.17, 15) is 18.0 Å². The summed E-state index contributed by atoms with van der Waals surface area (Å²) in [6.07, 6.45) is -4.47. The first-order valence-corrected chi connectivity index (χ1v) is 11.0. The summed E-state index contributed by atoms with van der Waals surface area (Å²) in [4.78, 5) is 22.9. The van der Waals surface area contributed by atoms with Gasteiger partial charge in [-0.2, -0.15) is 13.2 Å². The quantitative estimate of drug-likeness (QED) is 0.277. The van der Waals surface area contributed by atoms with Crippen LogP contribution in [0, 0.1) is 6.92 Å². The summed E-state index contributed by atoms with van der Waals surface area (Å²) in [7, 11) is 0. The highest BCUT2D eigenvalue weighted by molar-refractivity contribution is 9.10. The summed E-state index contributed by atoms with van der Waals surface area (Å²) in [5, 5.41) is 0. The van der Waals surface area contributed by atoms with E-state index in [1.54, 1.807) is 35.8 Å². The Balaban J connectivity index is 1.83. The molecule has 0 N–H and O–H groups in total. The van der Waals surface area contributed by atoms with E-state index in [4.69, 9.17) is 4.98 Å². The van der Waals surface area contributed by atoms with Crippen molar-refractivity contribution in [3.8, 4) is 22.8 Å². The van der Waals surface area contributed by atoms with Gasteiger partial charge in [0.1, 0.15) is 11.6 Å². The first-order chi connectivity index (χ1) is 16.2. The fourth-order valence-corrected chi connectivity index (χ4v) is 4.10. The number of halogens is 4. The summed E-state index contributed by atoms with van der Waals surface area (Å²) in [6.45, 7) is 1.77. The molecule has 0 atom stereocenters. The van der Waals surface area contributed by atoms with Gasteiger partial charge in [0.15, 0.2) is 11.2 Å². The Morgan fingerprint density at radius 3 is 2.03 bits per heavy atom. The number of aromatic nitrogens is 4. The third kappa shape index (κ3) is 3.81. The van der Waals surface area contributed by atoms with Crippen LogP contribution in [0.1, 0.15) is 11.4 Å². The number of hydrogen-bond acceptors (Lipinski definition) is 3. The standard InChI is InChI=1S/C25H16BrF3N4O/c1-15-30-21-23(32(15)19-5-3-2-4-6-19)31-22(16-7-9-17(10-8-16)25(27,28)29)33(24(21)34)20-13-11-18(26)12-14-20/h2-14H,1H3. The van der Waals surface area contributed by atoms with Crippen molar-refractivity contribution in [2.24, 2.45) is 0 Å². The molecule has 0 spiro atoms. The molecule has 5 aromatic rings. The Labute approximate surface area is 200 Å². The fraction of sp³-hybridized carbons (Fsp3) is 0.0800. The lowest BCUT2D eigenvalue weighted by Crippen LogP contribution is -2.22. The zero-order valence-corrected chi connectivity index (χ0v) is 19.3. The number of hydrogen-bond donors (Lipinski definition) is 0. The minimum absolute atomic E-state index is 0.167. The van der Waals surface area contributed by atoms with Crippen LogP contribution in [0.25, 0.3) is 33.9 Å². The van der Waals surface area contributed by atoms with Gasteiger partial charge in [0.2, 0.25) is 0 Å². The van der Waals surface area contributed by atoms with Crippen molar-refractivity contribution in [1.29, 1.82) is 0 Å². The Morgan fingerprint density at radius 1 is 0.794 bits per heavy atom. The van der Waals surface area contributed by atoms with Crippen LogP contribution < -0.4 is 5.56 Å². The molecule has 0 aliphatic rings. The zero-order chi connectivity index (χ0) is 24.0. The van der Waals surface area contributed by atoms with Crippen molar-refractivity contribution in [3.05, 3.63) is 105 Å². The minimum atomic E-state index is -4.47. The van der Waals surface area contributed by atoms with Gasteiger partial charge in [-0.25, -0.2) is 9.97 Å². The average molecular weight is 525 g/mol. The van der Waals surface area contributed by atoms with Crippen molar-refractivity contribution in [1.82, 2.24) is 19.1 Å². The van der Waals surface area contributed by atoms with E-state index < -0.39 is 17.3 Å². The summed E-state index contributed by atoms with van der Waals surface area (Å²) in [5.41, 5.74) is 0.962. The third-order valence-electron chi connectivity index (χ3n) is 5.42. The number of imidazole rings is 1. The van der Waals surface area contributed by atoms with Gasteiger partial charge in [0, 0.05) is 15.7 Å². The molecule has 0 amide bonds. The molecule has 34 heavy (non-hydrogen) atoms. The first-order valence-electron chi connectivity index (χ1n) is 10.2. The largest absolute Gasteiger partial charge is 0.416 e. The van der Waals surface area contributed by atoms with Crippen LogP contribution in [0.5, 0.6) is 0 Å². The molecule has 0 aliphatic carbocycles. The van der Waals surface area contributed by atoms with E-state index in [1.165, 1.54) is 16.7 Å². The zero-order valence-electron chi connectivity index (χ0n) is 17.7. The lowest BCUT2D eigenvalue weighted by atomic mass is 10.1. The molecule has 0 aliphatic heterocycles. The Morgan fingerprint density at radius 2 is 1.41 bits per heavy atom. The second-order valence-electron chi connectivity index (χ2n) is 7.63. The molecule has 170 valence electrons. The second kappa shape index (κ2) is 8.25. The van der Waals surface area contributed by atoms with Gasteiger partial charge in [-0.05, 0) is 55.5 Å². The highest BCUT2D eigenvalue weighted by Gasteiger charge is 2.30. The van der Waals surface area contributed by atoms with Crippen LogP contribution in [0.15, 0.2) is 88.1 Å². The van der Waals surface area contributed by atoms with Crippen molar-refractivity contribution >= 4 is 27.1 Å². The Bertz CT molecular complexity index is 1560. The Hall–Kier alpha value is -3.72. The molecule has 5 nitrogen and oxygen atoms in total. The summed E-state index contributed by atoms with van der Waals surface area (Å²) < 4.78 is 43.4. The van der Waals surface area contributed by atoms with Gasteiger partial charge in [0.25, 0.3) is 5.56 Å². The molecule has 2 aromatic heterocycles. The molecule has 5 rings (SSSR count). The van der Waals surface area contributed by atoms with Gasteiger partial charge in [-0.1, -0.05) is 46.3 Å². The van der Waals surface area contributed by atoms with Crippen LogP contribution in [-0.2, 0) is 6.18 Å². The molecule has 0 saturated heterocycles. The number of fused-ring (bicyclic) bond motifs is 1. The molecular formula is C25H16BrF3N4O. The van der Waals surface area contributed by atoms with E-state index in [0.717, 1.165) is 22.3 Å². The van der Waals surface area contributed by atoms with Crippen molar-refractivity contribution < 1.29 is 13.2 Å². The predicted octanol–water partition coefficient (Wildman–Crippen LogP) is 6.33. The van der Waals surface area contributed by atoms with Gasteiger partial charge in [0.05, 0.1) is 11.3 Å². The first kappa shape index (κ1) is 22.1. The van der Waals surface area contributed by atoms with Crippen LogP contribution in [0.2, 0.25) is 0 Å². The lowest BCUT2D eigenvalue weighted by Gasteiger charge is -2.14. The number of nitrogens with zero attached hydrogens (tertiary/aromatic N) is 4. The van der Waals surface area contributed by atoms with Gasteiger partial charge >= 0.3 is 6.18 Å². The maximum Gasteiger partial charge on any atom is 0.416 e. The van der Waals surface area contributed by atoms with Crippen molar-refractivity contribution in [3.63, 3.8) is 0 Å². The second-order valence-corrected chi connectivity index (χ2v) is 8.55. The van der Waals surface area contributed by atoms with Crippen molar-refractivity contribution in [2.45, 2.75) is 13.1 Å². The van der Waals surface area contributed by atoms with Crippen LogP contribution in [0.4, 0.5) is 13.2 Å². The van der Waals surface area contributed by atoms with Crippen LogP contribution in [-0.4, -0.2) is 19.1 Å². The van der Waals surface area contributed by atoms with E-state index in [0.29, 0.717) is 22.7 Å². The highest BCUT2D eigenvalue weighted by atomic mass is 79.9. The van der Waals surface area contributed by atoms with Crippen LogP contribution in [0.3, 0.4) is 0 Å². The highest BCUT2D eigenvalue weighted by Crippen LogP contribution is 2.31. The molecular weight excluding hydrogens is 509 g/mol. The number of para-hydroxylation sites is 1. The van der Waals surface area contributed by atoms with Gasteiger partial charge in [-0.3, -0.25) is 13.9 Å². The molecule has 0 saturated carbocycles. The Kier molecular flexibility index (Phi) is 5.36. The van der Waals surface area contributed by atoms with Gasteiger partial charge < -0.3 is 0 Å². The average Bonchev–Trinajstić information content (AvgIpc) is 3.16. The predicted molar refractivity (Wildman–Crippen MR) is 127 cm³/mol. The molecule has 0 unspecified atom stereocenters. The van der Waals surface area contributed by atoms with Crippen molar-refractivity contribution in [2.75, 3.05) is 0 Å². The summed E-state index contributed by atoms with van der Waals surface area (Å²) in [5.74, 6) is 0.781. The summed E-state index contributed by atoms with van der Waals surface area (Å²) >= 11 is 3.38. The molecule has 2 heterocycles. The maximum atomic E-state index is 13.7. The molecule has 3 aromatic carbocycles. The van der Waals surface area contributed by atoms with E-state index in [1.807, 2.05) is 30.3 Å². The van der Waals surface area contributed by atoms with E-state index >= 15 is 0 Å². The maximum absolute atomic E-state index is 13.7. The van der Waals surface area contributed by atoms with Crippen LogP contribution >= 0.6 is 15.9 Å². The third-order valence-corrected chi connectivity index (χ3v) is 5.95. The smallest absolute Gasteiger partial charge is 0.281 e. The number of rotatable bonds is 3. The number of alkyl halides is 3. The SMILES string of the molecule is Cc1nc2c(=O)n(-c3ccc(Br)cc3)c(-c3ccc(C(F)(F)F)cc3)nc2n1-c1ccccc1. The molecule has 0 fully saturated rings. The topological polar surface area (TPSA) is 52.7 Å².